The lowest BCUT2D eigenvalue weighted by Crippen LogP contribution is -2.21. The fourth-order valence-electron chi connectivity index (χ4n) is 4.72. The molecule has 0 bridgehead atoms. The third-order valence-electron chi connectivity index (χ3n) is 7.59. The maximum Gasteiger partial charge on any atom is 0.485 e. The predicted molar refractivity (Wildman–Crippen MR) is 197 cm³/mol. The molecular formula is C38H43F3N4O3S. The van der Waals surface area contributed by atoms with E-state index >= 15 is 0 Å². The lowest BCUT2D eigenvalue weighted by molar-refractivity contribution is -0.462. The van der Waals surface area contributed by atoms with Crippen LogP contribution >= 0.6 is 0 Å². The second kappa shape index (κ2) is 16.5. The number of benzene rings is 3. The summed E-state index contributed by atoms with van der Waals surface area (Å²) in [6.45, 7) is 0. The zero-order valence-electron chi connectivity index (χ0n) is 29.0. The number of anilines is 3. The molecule has 3 aromatic carbocycles. The van der Waals surface area contributed by atoms with Gasteiger partial charge in [0.25, 0.3) is 0 Å². The van der Waals surface area contributed by atoms with Crippen molar-refractivity contribution in [2.24, 2.45) is 0 Å². The zero-order chi connectivity index (χ0) is 36.5. The lowest BCUT2D eigenvalue weighted by Gasteiger charge is -2.16. The summed E-state index contributed by atoms with van der Waals surface area (Å²) >= 11 is 0. The average Bonchev–Trinajstić information content (AvgIpc) is 3.04. The number of rotatable bonds is 8. The highest BCUT2D eigenvalue weighted by Gasteiger charge is 2.36. The smallest absolute Gasteiger partial charge is 0.485 e. The molecule has 7 nitrogen and oxygen atoms in total. The molecule has 0 fully saturated rings. The minimum Gasteiger partial charge on any atom is -0.741 e. The summed E-state index contributed by atoms with van der Waals surface area (Å²) in [5.74, 6) is 0. The van der Waals surface area contributed by atoms with Gasteiger partial charge in [-0.3, -0.25) is 0 Å². The number of allylic oxidation sites excluding steroid dienone is 9. The Morgan fingerprint density at radius 3 is 1.31 bits per heavy atom. The molecule has 0 spiro atoms. The first-order valence-corrected chi connectivity index (χ1v) is 16.7. The molecule has 0 heterocycles. The van der Waals surface area contributed by atoms with Crippen LogP contribution in [0.4, 0.5) is 30.2 Å². The van der Waals surface area contributed by atoms with E-state index in [4.69, 9.17) is 13.0 Å². The van der Waals surface area contributed by atoms with Crippen molar-refractivity contribution in [1.29, 1.82) is 0 Å². The first kappa shape index (κ1) is 38.6. The third-order valence-corrected chi connectivity index (χ3v) is 8.16. The Hall–Kier alpha value is -4.87. The highest BCUT2D eigenvalue weighted by Crippen LogP contribution is 2.29. The van der Waals surface area contributed by atoms with Crippen LogP contribution in [0.25, 0.3) is 11.1 Å². The molecule has 1 aliphatic rings. The van der Waals surface area contributed by atoms with Gasteiger partial charge in [-0.1, -0.05) is 54.6 Å². The SMILES string of the molecule is CN(C)c1ccc(C(=C/C=C/C(=C2C=CC(=[N+](C)C)C=C2)c2ccc(N(C)C)cc2)c2ccc(N(C)C)cc2)cc1.O=S(=O)([O-])C(F)(F)F. The van der Waals surface area contributed by atoms with Crippen LogP contribution in [0.15, 0.2) is 121 Å². The largest absolute Gasteiger partial charge is 0.741 e. The van der Waals surface area contributed by atoms with E-state index in [-0.39, 0.29) is 0 Å². The van der Waals surface area contributed by atoms with Crippen LogP contribution < -0.4 is 14.7 Å². The quantitative estimate of drug-likeness (QED) is 0.108. The van der Waals surface area contributed by atoms with Crippen molar-refractivity contribution in [2.75, 3.05) is 71.1 Å². The van der Waals surface area contributed by atoms with Crippen LogP contribution in [-0.4, -0.2) is 85.1 Å². The molecule has 0 unspecified atom stereocenters. The van der Waals surface area contributed by atoms with Gasteiger partial charge < -0.3 is 19.3 Å². The van der Waals surface area contributed by atoms with Crippen molar-refractivity contribution in [3.8, 4) is 0 Å². The van der Waals surface area contributed by atoms with Crippen LogP contribution in [-0.2, 0) is 10.1 Å². The maximum absolute atomic E-state index is 10.7. The lowest BCUT2D eigenvalue weighted by atomic mass is 9.94. The van der Waals surface area contributed by atoms with Crippen molar-refractivity contribution < 1.29 is 30.7 Å². The van der Waals surface area contributed by atoms with Gasteiger partial charge in [-0.25, -0.2) is 13.0 Å². The Labute approximate surface area is 288 Å². The van der Waals surface area contributed by atoms with E-state index in [1.54, 1.807) is 0 Å². The summed E-state index contributed by atoms with van der Waals surface area (Å²) in [5.41, 5.74) is 6.20. The molecule has 0 saturated carbocycles. The van der Waals surface area contributed by atoms with E-state index in [1.807, 2.05) is 0 Å². The Morgan fingerprint density at radius 2 is 1.00 bits per heavy atom. The monoisotopic (exact) mass is 692 g/mol. The predicted octanol–water partition coefficient (Wildman–Crippen LogP) is 7.22. The molecule has 11 heteroatoms. The van der Waals surface area contributed by atoms with Gasteiger partial charge in [0, 0.05) is 71.5 Å². The first-order valence-electron chi connectivity index (χ1n) is 15.3. The molecule has 0 radical (unpaired) electrons. The summed E-state index contributed by atoms with van der Waals surface area (Å²) in [5, 5.41) is 0. The second-order valence-corrected chi connectivity index (χ2v) is 13.4. The van der Waals surface area contributed by atoms with E-state index in [2.05, 4.69) is 191 Å². The van der Waals surface area contributed by atoms with Gasteiger partial charge in [0.15, 0.2) is 15.8 Å². The van der Waals surface area contributed by atoms with Crippen LogP contribution in [0, 0.1) is 0 Å². The summed E-state index contributed by atoms with van der Waals surface area (Å²) in [6.07, 6.45) is 15.4. The Kier molecular flexibility index (Phi) is 13.0. The van der Waals surface area contributed by atoms with Gasteiger partial charge in [-0.2, -0.15) is 13.2 Å². The standard InChI is InChI=1S/C37H43N4.CHF3O3S/c1-38(2)32-20-12-28(13-21-32)36(29-14-22-33(23-15-29)39(3)4)10-9-11-37(30-16-24-34(25-17-30)40(5)6)31-18-26-35(27-19-31)41(7)8;2-1(3,4)8(5,6)7/h9-27H,1-8H3;(H,5,6,7)/q+1;/p-1. The molecule has 260 valence electrons. The Balaban J connectivity index is 0.000000723. The highest BCUT2D eigenvalue weighted by atomic mass is 32.2. The fraction of sp³-hybridized carbons (Fsp3) is 0.237. The molecule has 3 aromatic rings. The maximum atomic E-state index is 10.7. The van der Waals surface area contributed by atoms with E-state index in [1.165, 1.54) is 56.2 Å². The summed E-state index contributed by atoms with van der Waals surface area (Å²) in [6, 6.07) is 26.3. The van der Waals surface area contributed by atoms with Crippen LogP contribution in [0.3, 0.4) is 0 Å². The fourth-order valence-corrected chi connectivity index (χ4v) is 4.72. The number of hydrogen-bond donors (Lipinski definition) is 0. The summed E-state index contributed by atoms with van der Waals surface area (Å²) < 4.78 is 61.0. The molecule has 49 heavy (non-hydrogen) atoms. The molecule has 0 atom stereocenters. The molecule has 0 aromatic heterocycles. The van der Waals surface area contributed by atoms with E-state index in [0.717, 1.165) is 0 Å². The van der Waals surface area contributed by atoms with Crippen LogP contribution in [0.1, 0.15) is 16.7 Å². The van der Waals surface area contributed by atoms with Gasteiger partial charge in [0.05, 0.1) is 0 Å². The van der Waals surface area contributed by atoms with Gasteiger partial charge in [-0.05, 0) is 82.0 Å². The number of halogens is 3. The van der Waals surface area contributed by atoms with Gasteiger partial charge in [0.2, 0.25) is 0 Å². The van der Waals surface area contributed by atoms with E-state index in [9.17, 15) is 13.2 Å². The topological polar surface area (TPSA) is 69.9 Å². The van der Waals surface area contributed by atoms with Crippen LogP contribution in [0.2, 0.25) is 0 Å². The normalized spacial score (nSPS) is 12.7. The Morgan fingerprint density at radius 1 is 0.653 bits per heavy atom. The molecule has 0 saturated heterocycles. The summed E-state index contributed by atoms with van der Waals surface area (Å²) in [7, 11) is 10.5. The highest BCUT2D eigenvalue weighted by molar-refractivity contribution is 7.86. The molecule has 4 rings (SSSR count). The van der Waals surface area contributed by atoms with Crippen LogP contribution in [0.5, 0.6) is 0 Å². The van der Waals surface area contributed by atoms with Crippen molar-refractivity contribution in [1.82, 2.24) is 0 Å². The van der Waals surface area contributed by atoms with E-state index < -0.39 is 15.6 Å². The van der Waals surface area contributed by atoms with Crippen molar-refractivity contribution in [3.63, 3.8) is 0 Å². The van der Waals surface area contributed by atoms with Crippen molar-refractivity contribution >= 4 is 44.0 Å². The van der Waals surface area contributed by atoms with Gasteiger partial charge >= 0.3 is 5.51 Å². The first-order chi connectivity index (χ1) is 22.9. The average molecular weight is 693 g/mol. The second-order valence-electron chi connectivity index (χ2n) is 12.0. The number of hydrogen-bond acceptors (Lipinski definition) is 6. The minimum absolute atomic E-state index is 1.18. The Bertz CT molecular complexity index is 1810. The zero-order valence-corrected chi connectivity index (χ0v) is 29.8. The minimum atomic E-state index is -6.09. The van der Waals surface area contributed by atoms with E-state index in [0.29, 0.717) is 0 Å². The van der Waals surface area contributed by atoms with Crippen molar-refractivity contribution in [3.05, 3.63) is 138 Å². The molecular weight excluding hydrogens is 650 g/mol. The third kappa shape index (κ3) is 10.8. The summed E-state index contributed by atoms with van der Waals surface area (Å²) in [4.78, 5) is 6.38. The molecule has 0 amide bonds. The molecule has 0 aliphatic heterocycles. The molecule has 1 aliphatic carbocycles. The number of nitrogens with zero attached hydrogens (tertiary/aromatic N) is 4. The number of alkyl halides is 3. The van der Waals surface area contributed by atoms with Gasteiger partial charge in [-0.15, -0.1) is 0 Å². The molecule has 0 N–H and O–H groups in total. The van der Waals surface area contributed by atoms with Gasteiger partial charge in [0.1, 0.15) is 14.1 Å². The van der Waals surface area contributed by atoms with Crippen molar-refractivity contribution in [2.45, 2.75) is 5.51 Å².